The van der Waals surface area contributed by atoms with Gasteiger partial charge in [-0.3, -0.25) is 9.69 Å². The predicted molar refractivity (Wildman–Crippen MR) is 124 cm³/mol. The molecule has 0 bridgehead atoms. The fourth-order valence-corrected chi connectivity index (χ4v) is 5.50. The highest BCUT2D eigenvalue weighted by atomic mass is 79.9. The van der Waals surface area contributed by atoms with Crippen LogP contribution in [0.1, 0.15) is 45.7 Å². The maximum Gasteiger partial charge on any atom is 0.416 e. The van der Waals surface area contributed by atoms with Crippen LogP contribution in [0.5, 0.6) is 0 Å². The SMILES string of the molecule is C[C@@H]1CCCN1Cc1sc(CC(=O)c2cnc(Cl)cn2)nc1-c1cc(Br)cc(C(F)(F)F)c1. The third-order valence-electron chi connectivity index (χ3n) is 5.50. The van der Waals surface area contributed by atoms with Gasteiger partial charge in [0.05, 0.1) is 30.1 Å². The van der Waals surface area contributed by atoms with E-state index in [1.165, 1.54) is 23.7 Å². The van der Waals surface area contributed by atoms with E-state index in [9.17, 15) is 18.0 Å². The largest absolute Gasteiger partial charge is 0.416 e. The summed E-state index contributed by atoms with van der Waals surface area (Å²) in [6, 6.07) is 4.15. The van der Waals surface area contributed by atoms with Gasteiger partial charge in [0.1, 0.15) is 15.9 Å². The molecule has 0 aliphatic carbocycles. The lowest BCUT2D eigenvalue weighted by Gasteiger charge is -2.20. The maximum absolute atomic E-state index is 13.4. The molecule has 0 unspecified atom stereocenters. The van der Waals surface area contributed by atoms with Gasteiger partial charge in [0.15, 0.2) is 5.78 Å². The summed E-state index contributed by atoms with van der Waals surface area (Å²) in [5.41, 5.74) is 0.234. The van der Waals surface area contributed by atoms with E-state index in [-0.39, 0.29) is 23.1 Å². The first-order chi connectivity index (χ1) is 15.6. The van der Waals surface area contributed by atoms with Crippen molar-refractivity contribution in [1.82, 2.24) is 19.9 Å². The summed E-state index contributed by atoms with van der Waals surface area (Å²) < 4.78 is 40.6. The minimum absolute atomic E-state index is 0.0241. The Morgan fingerprint density at radius 2 is 2.06 bits per heavy atom. The van der Waals surface area contributed by atoms with Crippen LogP contribution in [0.25, 0.3) is 11.3 Å². The Hall–Kier alpha value is -1.88. The Balaban J connectivity index is 1.70. The van der Waals surface area contributed by atoms with Crippen molar-refractivity contribution in [1.29, 1.82) is 0 Å². The molecule has 1 aromatic carbocycles. The first-order valence-electron chi connectivity index (χ1n) is 10.2. The van der Waals surface area contributed by atoms with Crippen LogP contribution in [-0.4, -0.2) is 38.2 Å². The monoisotopic (exact) mass is 558 g/mol. The van der Waals surface area contributed by atoms with Crippen molar-refractivity contribution in [2.75, 3.05) is 6.54 Å². The summed E-state index contributed by atoms with van der Waals surface area (Å²) in [5, 5.41) is 0.697. The number of hydrogen-bond acceptors (Lipinski definition) is 6. The van der Waals surface area contributed by atoms with Gasteiger partial charge in [-0.05, 0) is 44.5 Å². The minimum Gasteiger partial charge on any atom is -0.296 e. The number of likely N-dealkylation sites (tertiary alicyclic amines) is 1. The molecule has 1 atom stereocenters. The molecule has 0 N–H and O–H groups in total. The molecule has 1 aliphatic rings. The Bertz CT molecular complexity index is 1170. The zero-order valence-corrected chi connectivity index (χ0v) is 20.7. The van der Waals surface area contributed by atoms with Crippen molar-refractivity contribution in [2.24, 2.45) is 0 Å². The summed E-state index contributed by atoms with van der Waals surface area (Å²) in [6.07, 6.45) is 0.237. The number of nitrogens with zero attached hydrogens (tertiary/aromatic N) is 4. The van der Waals surface area contributed by atoms with Gasteiger partial charge >= 0.3 is 6.18 Å². The number of ketones is 1. The molecule has 0 spiro atoms. The van der Waals surface area contributed by atoms with Gasteiger partial charge < -0.3 is 0 Å². The average Bonchev–Trinajstić information content (AvgIpc) is 3.33. The number of rotatable bonds is 6. The van der Waals surface area contributed by atoms with Crippen LogP contribution in [0.15, 0.2) is 35.1 Å². The lowest BCUT2D eigenvalue weighted by Crippen LogP contribution is -2.25. The first-order valence-corrected chi connectivity index (χ1v) is 12.2. The van der Waals surface area contributed by atoms with Crippen molar-refractivity contribution in [3.8, 4) is 11.3 Å². The van der Waals surface area contributed by atoms with Gasteiger partial charge in [-0.1, -0.05) is 27.5 Å². The molecule has 174 valence electrons. The van der Waals surface area contributed by atoms with E-state index in [0.29, 0.717) is 33.3 Å². The van der Waals surface area contributed by atoms with Gasteiger partial charge in [0, 0.05) is 27.5 Å². The summed E-state index contributed by atoms with van der Waals surface area (Å²) in [6.45, 7) is 3.62. The van der Waals surface area contributed by atoms with Gasteiger partial charge in [0.2, 0.25) is 0 Å². The number of hydrogen-bond donors (Lipinski definition) is 0. The fourth-order valence-electron chi connectivity index (χ4n) is 3.80. The lowest BCUT2D eigenvalue weighted by atomic mass is 10.1. The molecule has 1 aliphatic heterocycles. The normalized spacial score (nSPS) is 17.0. The third kappa shape index (κ3) is 5.79. The quantitative estimate of drug-likeness (QED) is 0.325. The average molecular weight is 560 g/mol. The predicted octanol–water partition coefficient (Wildman–Crippen LogP) is 6.44. The number of carbonyl (C=O) groups is 1. The number of carbonyl (C=O) groups excluding carboxylic acids is 1. The number of aromatic nitrogens is 3. The van der Waals surface area contributed by atoms with Crippen molar-refractivity contribution >= 4 is 44.7 Å². The number of Topliss-reactive ketones (excluding diaryl/α,β-unsaturated/α-hetero) is 1. The smallest absolute Gasteiger partial charge is 0.296 e. The molecule has 11 heteroatoms. The molecular formula is C22H19BrClF3N4OS. The highest BCUT2D eigenvalue weighted by molar-refractivity contribution is 9.10. The highest BCUT2D eigenvalue weighted by Crippen LogP contribution is 2.38. The zero-order chi connectivity index (χ0) is 23.8. The molecular weight excluding hydrogens is 541 g/mol. The van der Waals surface area contributed by atoms with Gasteiger partial charge in [-0.2, -0.15) is 13.2 Å². The van der Waals surface area contributed by atoms with E-state index >= 15 is 0 Å². The van der Waals surface area contributed by atoms with Gasteiger partial charge in [-0.15, -0.1) is 11.3 Å². The molecule has 1 saturated heterocycles. The van der Waals surface area contributed by atoms with E-state index in [1.54, 1.807) is 6.07 Å². The topological polar surface area (TPSA) is 59.0 Å². The van der Waals surface area contributed by atoms with Crippen LogP contribution >= 0.6 is 38.9 Å². The molecule has 3 aromatic rings. The van der Waals surface area contributed by atoms with Crippen LogP contribution in [0, 0.1) is 0 Å². The highest BCUT2D eigenvalue weighted by Gasteiger charge is 2.32. The van der Waals surface area contributed by atoms with Crippen LogP contribution in [0.2, 0.25) is 5.15 Å². The summed E-state index contributed by atoms with van der Waals surface area (Å²) >= 11 is 10.3. The lowest BCUT2D eigenvalue weighted by molar-refractivity contribution is -0.137. The second-order valence-electron chi connectivity index (χ2n) is 7.89. The molecule has 3 heterocycles. The van der Waals surface area contributed by atoms with E-state index in [4.69, 9.17) is 11.6 Å². The standard InChI is InChI=1S/C22H19BrClF3N4OS/c1-12-3-2-4-31(12)11-18-21(13-5-14(22(25,26)27)7-15(23)6-13)30-20(33-18)8-17(32)16-9-29-19(24)10-28-16/h5-7,9-10,12H,2-4,8,11H2,1H3/t12-/m1/s1. The second-order valence-corrected chi connectivity index (χ2v) is 10.4. The molecule has 0 saturated carbocycles. The number of alkyl halides is 3. The Kier molecular flexibility index (Phi) is 7.18. The number of benzene rings is 1. The summed E-state index contributed by atoms with van der Waals surface area (Å²) in [5.74, 6) is -0.286. The van der Waals surface area contributed by atoms with E-state index in [0.717, 1.165) is 36.4 Å². The summed E-state index contributed by atoms with van der Waals surface area (Å²) in [7, 11) is 0. The minimum atomic E-state index is -4.48. The zero-order valence-electron chi connectivity index (χ0n) is 17.5. The van der Waals surface area contributed by atoms with Crippen LogP contribution in [-0.2, 0) is 19.1 Å². The summed E-state index contributed by atoms with van der Waals surface area (Å²) in [4.78, 5) is 28.3. The Morgan fingerprint density at radius 1 is 1.27 bits per heavy atom. The Morgan fingerprint density at radius 3 is 2.70 bits per heavy atom. The van der Waals surface area contributed by atoms with E-state index in [2.05, 4.69) is 42.7 Å². The van der Waals surface area contributed by atoms with Gasteiger partial charge in [0.25, 0.3) is 0 Å². The molecule has 1 fully saturated rings. The van der Waals surface area contributed by atoms with Crippen LogP contribution in [0.3, 0.4) is 0 Å². The molecule has 2 aromatic heterocycles. The van der Waals surface area contributed by atoms with Crippen molar-refractivity contribution < 1.29 is 18.0 Å². The Labute approximate surface area is 206 Å². The van der Waals surface area contributed by atoms with Crippen LogP contribution < -0.4 is 0 Å². The molecule has 0 amide bonds. The molecule has 33 heavy (non-hydrogen) atoms. The van der Waals surface area contributed by atoms with E-state index < -0.39 is 11.7 Å². The number of halogens is 5. The van der Waals surface area contributed by atoms with E-state index in [1.807, 2.05) is 0 Å². The van der Waals surface area contributed by atoms with Crippen molar-refractivity contribution in [3.05, 3.63) is 61.4 Å². The van der Waals surface area contributed by atoms with Crippen molar-refractivity contribution in [2.45, 2.75) is 44.9 Å². The first kappa shape index (κ1) is 24.3. The van der Waals surface area contributed by atoms with Crippen molar-refractivity contribution in [3.63, 3.8) is 0 Å². The molecule has 0 radical (unpaired) electrons. The maximum atomic E-state index is 13.4. The van der Waals surface area contributed by atoms with Crippen LogP contribution in [0.4, 0.5) is 13.2 Å². The molecule has 5 nitrogen and oxygen atoms in total. The fraction of sp³-hybridized carbons (Fsp3) is 0.364. The second kappa shape index (κ2) is 9.77. The van der Waals surface area contributed by atoms with Gasteiger partial charge in [-0.25, -0.2) is 15.0 Å². The molecule has 4 rings (SSSR count). The third-order valence-corrected chi connectivity index (χ3v) is 7.19. The number of thiazole rings is 1.